The number of benzene rings is 2. The molecule has 6 heteroatoms. The molecule has 0 radical (unpaired) electrons. The van der Waals surface area contributed by atoms with Gasteiger partial charge in [0, 0.05) is 5.92 Å². The number of amides is 2. The second kappa shape index (κ2) is 10.4. The van der Waals surface area contributed by atoms with Crippen molar-refractivity contribution in [3.05, 3.63) is 65.7 Å². The van der Waals surface area contributed by atoms with Gasteiger partial charge in [0.15, 0.2) is 6.61 Å². The molecule has 2 amide bonds. The predicted molar refractivity (Wildman–Crippen MR) is 107 cm³/mol. The highest BCUT2D eigenvalue weighted by Gasteiger charge is 2.23. The summed E-state index contributed by atoms with van der Waals surface area (Å²) in [6.07, 6.45) is 4.72. The Balaban J connectivity index is 1.51. The lowest BCUT2D eigenvalue weighted by Gasteiger charge is -2.20. The summed E-state index contributed by atoms with van der Waals surface area (Å²) in [5.41, 5.74) is 1.20. The maximum absolute atomic E-state index is 12.4. The first-order chi connectivity index (χ1) is 14.1. The number of nitrogens with one attached hydrogen (secondary N) is 1. The van der Waals surface area contributed by atoms with Crippen LogP contribution in [0.2, 0.25) is 0 Å². The van der Waals surface area contributed by atoms with Crippen LogP contribution < -0.4 is 10.1 Å². The molecule has 1 aliphatic carbocycles. The zero-order valence-corrected chi connectivity index (χ0v) is 16.3. The molecule has 0 spiro atoms. The molecule has 0 aliphatic heterocycles. The standard InChI is InChI=1S/C23H25NO5/c25-21(24-22(26)18-11-5-2-6-12-18)16-29-23(27)19-13-7-8-14-20(19)28-15-17-9-3-1-4-10-17/h1,3-4,7-10,13-14,18H,2,5-6,11-12,15-16H2,(H,24,25,26). The van der Waals surface area contributed by atoms with E-state index in [1.165, 1.54) is 0 Å². The molecule has 2 aromatic rings. The Morgan fingerprint density at radius 1 is 0.897 bits per heavy atom. The zero-order valence-electron chi connectivity index (χ0n) is 16.3. The van der Waals surface area contributed by atoms with Gasteiger partial charge < -0.3 is 9.47 Å². The smallest absolute Gasteiger partial charge is 0.342 e. The molecule has 0 atom stereocenters. The number of hydrogen-bond donors (Lipinski definition) is 1. The van der Waals surface area contributed by atoms with Crippen LogP contribution in [0.5, 0.6) is 5.75 Å². The predicted octanol–water partition coefficient (Wildman–Crippen LogP) is 3.65. The highest BCUT2D eigenvalue weighted by atomic mass is 16.5. The summed E-state index contributed by atoms with van der Waals surface area (Å²) in [7, 11) is 0. The van der Waals surface area contributed by atoms with Crippen molar-refractivity contribution in [2.24, 2.45) is 5.92 Å². The molecule has 1 fully saturated rings. The van der Waals surface area contributed by atoms with Crippen molar-refractivity contribution in [1.82, 2.24) is 5.32 Å². The minimum Gasteiger partial charge on any atom is -0.488 e. The molecule has 6 nitrogen and oxygen atoms in total. The van der Waals surface area contributed by atoms with Crippen molar-refractivity contribution in [3.63, 3.8) is 0 Å². The number of ether oxygens (including phenoxy) is 2. The SMILES string of the molecule is O=C(COC(=O)c1ccccc1OCc1ccccc1)NC(=O)C1CCCCC1. The van der Waals surface area contributed by atoms with Crippen LogP contribution >= 0.6 is 0 Å². The number of para-hydroxylation sites is 1. The van der Waals surface area contributed by atoms with Crippen LogP contribution in [0.4, 0.5) is 0 Å². The molecule has 152 valence electrons. The van der Waals surface area contributed by atoms with Crippen molar-refractivity contribution in [1.29, 1.82) is 0 Å². The second-order valence-electron chi connectivity index (χ2n) is 7.09. The van der Waals surface area contributed by atoms with Crippen molar-refractivity contribution < 1.29 is 23.9 Å². The average molecular weight is 395 g/mol. The van der Waals surface area contributed by atoms with Crippen LogP contribution in [0, 0.1) is 5.92 Å². The summed E-state index contributed by atoms with van der Waals surface area (Å²) in [6.45, 7) is -0.203. The van der Waals surface area contributed by atoms with Gasteiger partial charge in [0.2, 0.25) is 5.91 Å². The molecule has 2 aromatic carbocycles. The molecule has 0 unspecified atom stereocenters. The average Bonchev–Trinajstić information content (AvgIpc) is 2.77. The van der Waals surface area contributed by atoms with Gasteiger partial charge in [-0.1, -0.05) is 61.7 Å². The lowest BCUT2D eigenvalue weighted by atomic mass is 9.89. The second-order valence-corrected chi connectivity index (χ2v) is 7.09. The lowest BCUT2D eigenvalue weighted by molar-refractivity contribution is -0.135. The number of carbonyl (C=O) groups is 3. The van der Waals surface area contributed by atoms with Crippen LogP contribution in [-0.2, 0) is 20.9 Å². The largest absolute Gasteiger partial charge is 0.488 e. The summed E-state index contributed by atoms with van der Waals surface area (Å²) in [4.78, 5) is 36.5. The molecule has 0 saturated heterocycles. The molecule has 29 heavy (non-hydrogen) atoms. The van der Waals surface area contributed by atoms with E-state index in [1.807, 2.05) is 30.3 Å². The third kappa shape index (κ3) is 6.17. The Morgan fingerprint density at radius 3 is 2.34 bits per heavy atom. The Kier molecular flexibility index (Phi) is 7.39. The van der Waals surface area contributed by atoms with Crippen molar-refractivity contribution in [3.8, 4) is 5.75 Å². The first-order valence-corrected chi connectivity index (χ1v) is 9.90. The van der Waals surface area contributed by atoms with Crippen LogP contribution in [0.1, 0.15) is 48.0 Å². The lowest BCUT2D eigenvalue weighted by Crippen LogP contribution is -2.38. The van der Waals surface area contributed by atoms with Gasteiger partial charge in [0.1, 0.15) is 17.9 Å². The van der Waals surface area contributed by atoms with Crippen LogP contribution in [-0.4, -0.2) is 24.4 Å². The van der Waals surface area contributed by atoms with Crippen LogP contribution in [0.3, 0.4) is 0 Å². The van der Waals surface area contributed by atoms with Crippen LogP contribution in [0.25, 0.3) is 0 Å². The summed E-state index contributed by atoms with van der Waals surface area (Å²) in [5, 5.41) is 2.33. The zero-order chi connectivity index (χ0) is 20.5. The molecular formula is C23H25NO5. The fourth-order valence-corrected chi connectivity index (χ4v) is 3.35. The van der Waals surface area contributed by atoms with Crippen molar-refractivity contribution in [2.45, 2.75) is 38.7 Å². The maximum Gasteiger partial charge on any atom is 0.342 e. The van der Waals surface area contributed by atoms with Crippen molar-refractivity contribution in [2.75, 3.05) is 6.61 Å². The molecule has 0 aromatic heterocycles. The summed E-state index contributed by atoms with van der Waals surface area (Å²) >= 11 is 0. The molecule has 0 heterocycles. The Bertz CT molecular complexity index is 843. The Morgan fingerprint density at radius 2 is 1.59 bits per heavy atom. The topological polar surface area (TPSA) is 81.7 Å². The van der Waals surface area contributed by atoms with Gasteiger partial charge in [-0.2, -0.15) is 0 Å². The van der Waals surface area contributed by atoms with E-state index in [4.69, 9.17) is 9.47 Å². The minimum absolute atomic E-state index is 0.129. The molecule has 1 N–H and O–H groups in total. The van der Waals surface area contributed by atoms with E-state index in [-0.39, 0.29) is 17.4 Å². The fourth-order valence-electron chi connectivity index (χ4n) is 3.35. The summed E-state index contributed by atoms with van der Waals surface area (Å²) in [6, 6.07) is 16.3. The van der Waals surface area contributed by atoms with Gasteiger partial charge in [0.05, 0.1) is 0 Å². The van der Waals surface area contributed by atoms with E-state index >= 15 is 0 Å². The number of rotatable bonds is 7. The van der Waals surface area contributed by atoms with Gasteiger partial charge in [-0.3, -0.25) is 14.9 Å². The first kappa shape index (κ1) is 20.6. The molecule has 3 rings (SSSR count). The third-order valence-electron chi connectivity index (χ3n) is 4.92. The maximum atomic E-state index is 12.4. The summed E-state index contributed by atoms with van der Waals surface area (Å²) < 4.78 is 10.8. The van der Waals surface area contributed by atoms with E-state index < -0.39 is 18.5 Å². The molecule has 0 bridgehead atoms. The molecule has 1 saturated carbocycles. The van der Waals surface area contributed by atoms with E-state index in [0.29, 0.717) is 12.4 Å². The number of imide groups is 1. The van der Waals surface area contributed by atoms with Gasteiger partial charge >= 0.3 is 5.97 Å². The highest BCUT2D eigenvalue weighted by molar-refractivity contribution is 5.99. The Labute approximate surface area is 170 Å². The number of esters is 1. The fraction of sp³-hybridized carbons (Fsp3) is 0.348. The van der Waals surface area contributed by atoms with E-state index in [9.17, 15) is 14.4 Å². The van der Waals surface area contributed by atoms with E-state index in [1.54, 1.807) is 24.3 Å². The number of hydrogen-bond acceptors (Lipinski definition) is 5. The first-order valence-electron chi connectivity index (χ1n) is 9.90. The van der Waals surface area contributed by atoms with Gasteiger partial charge in [-0.15, -0.1) is 0 Å². The molecular weight excluding hydrogens is 370 g/mol. The quantitative estimate of drug-likeness (QED) is 0.724. The van der Waals surface area contributed by atoms with E-state index in [2.05, 4.69) is 5.32 Å². The van der Waals surface area contributed by atoms with Crippen LogP contribution in [0.15, 0.2) is 54.6 Å². The monoisotopic (exact) mass is 395 g/mol. The third-order valence-corrected chi connectivity index (χ3v) is 4.92. The highest BCUT2D eigenvalue weighted by Crippen LogP contribution is 2.23. The summed E-state index contributed by atoms with van der Waals surface area (Å²) in [5.74, 6) is -1.32. The minimum atomic E-state index is -0.672. The van der Waals surface area contributed by atoms with Gasteiger partial charge in [0.25, 0.3) is 5.91 Å². The Hall–Kier alpha value is -3.15. The molecule has 1 aliphatic rings. The van der Waals surface area contributed by atoms with Gasteiger partial charge in [-0.25, -0.2) is 4.79 Å². The van der Waals surface area contributed by atoms with Gasteiger partial charge in [-0.05, 0) is 30.5 Å². The number of carbonyl (C=O) groups excluding carboxylic acids is 3. The normalized spacial score (nSPS) is 14.1. The van der Waals surface area contributed by atoms with E-state index in [0.717, 1.165) is 37.7 Å². The van der Waals surface area contributed by atoms with Crippen molar-refractivity contribution >= 4 is 17.8 Å².